The van der Waals surface area contributed by atoms with Gasteiger partial charge >= 0.3 is 17.9 Å². The quantitative estimate of drug-likeness (QED) is 0.299. The molecule has 96 valence electrons. The van der Waals surface area contributed by atoms with Crippen LogP contribution in [0.15, 0.2) is 37.0 Å². The first kappa shape index (κ1) is 17.7. The number of hydrogen-bond acceptors (Lipinski definition) is 6. The Morgan fingerprint density at radius 1 is 1.44 bits per heavy atom. The molecule has 0 aromatic rings. The van der Waals surface area contributed by atoms with Crippen LogP contribution in [0, 0.1) is 11.3 Å². The highest BCUT2D eigenvalue weighted by molar-refractivity contribution is 6.04. The van der Waals surface area contributed by atoms with Crippen molar-refractivity contribution >= 4 is 17.9 Å². The van der Waals surface area contributed by atoms with Crippen LogP contribution in [0.4, 0.5) is 0 Å². The van der Waals surface area contributed by atoms with Crippen molar-refractivity contribution in [3.63, 3.8) is 0 Å². The Morgan fingerprint density at radius 2 is 1.83 bits per heavy atom. The zero-order valence-electron chi connectivity index (χ0n) is 10.1. The predicted molar refractivity (Wildman–Crippen MR) is 62.9 cm³/mol. The fraction of sp³-hybridized carbons (Fsp3) is 0.167. The second kappa shape index (κ2) is 10.8. The van der Waals surface area contributed by atoms with E-state index >= 15 is 0 Å². The predicted octanol–water partition coefficient (Wildman–Crippen LogP) is 1.06. The summed E-state index contributed by atoms with van der Waals surface area (Å²) in [6.45, 7) is 8.07. The third kappa shape index (κ3) is 11.4. The topological polar surface area (TPSA) is 93.5 Å². The van der Waals surface area contributed by atoms with E-state index in [0.29, 0.717) is 5.57 Å². The van der Waals surface area contributed by atoms with Gasteiger partial charge in [-0.05, 0) is 6.92 Å². The first-order chi connectivity index (χ1) is 8.38. The van der Waals surface area contributed by atoms with Crippen LogP contribution in [0.3, 0.4) is 0 Å². The average Bonchev–Trinajstić information content (AvgIpc) is 2.73. The van der Waals surface area contributed by atoms with E-state index in [0.717, 1.165) is 12.2 Å². The zero-order chi connectivity index (χ0) is 14.6. The lowest BCUT2D eigenvalue weighted by atomic mass is 10.4. The molecule has 1 aliphatic rings. The summed E-state index contributed by atoms with van der Waals surface area (Å²) in [6, 6.07) is 1.69. The molecule has 18 heavy (non-hydrogen) atoms. The van der Waals surface area contributed by atoms with Crippen molar-refractivity contribution in [1.29, 1.82) is 5.26 Å². The normalized spacial score (nSPS) is 10.7. The third-order valence-electron chi connectivity index (χ3n) is 1.18. The number of methoxy groups -OCH3 is 1. The molecule has 0 aliphatic carbocycles. The molecular formula is C12H13NO5. The second-order valence-corrected chi connectivity index (χ2v) is 2.68. The van der Waals surface area contributed by atoms with Crippen molar-refractivity contribution in [2.75, 3.05) is 7.11 Å². The first-order valence-corrected chi connectivity index (χ1v) is 4.57. The van der Waals surface area contributed by atoms with Crippen molar-refractivity contribution in [2.24, 2.45) is 0 Å². The van der Waals surface area contributed by atoms with Gasteiger partial charge in [0.2, 0.25) is 0 Å². The molecule has 0 atom stereocenters. The van der Waals surface area contributed by atoms with E-state index in [1.54, 1.807) is 13.0 Å². The summed E-state index contributed by atoms with van der Waals surface area (Å²) in [4.78, 5) is 30.0. The average molecular weight is 251 g/mol. The Kier molecular flexibility index (Phi) is 10.6. The SMILES string of the molecule is C=C(C)C(=O)OC.C=CC#N.O=C1C=CC(=O)O1. The molecule has 0 aromatic carbocycles. The van der Waals surface area contributed by atoms with Gasteiger partial charge in [-0.1, -0.05) is 13.2 Å². The number of carbonyl (C=O) groups is 3. The van der Waals surface area contributed by atoms with Crippen LogP contribution in [0.1, 0.15) is 6.92 Å². The Morgan fingerprint density at radius 3 is 1.89 bits per heavy atom. The number of nitrogens with zero attached hydrogens (tertiary/aromatic N) is 1. The number of hydrogen-bond donors (Lipinski definition) is 0. The van der Waals surface area contributed by atoms with Crippen LogP contribution >= 0.6 is 0 Å². The lowest BCUT2D eigenvalue weighted by Gasteiger charge is -1.91. The fourth-order valence-electron chi connectivity index (χ4n) is 0.477. The number of esters is 3. The molecule has 0 spiro atoms. The van der Waals surface area contributed by atoms with Gasteiger partial charge in [-0.25, -0.2) is 14.4 Å². The van der Waals surface area contributed by atoms with Crippen molar-refractivity contribution < 1.29 is 23.9 Å². The van der Waals surface area contributed by atoms with Crippen LogP contribution in [0.2, 0.25) is 0 Å². The van der Waals surface area contributed by atoms with Crippen LogP contribution in [-0.4, -0.2) is 25.0 Å². The molecule has 0 bridgehead atoms. The van der Waals surface area contributed by atoms with Gasteiger partial charge in [0.1, 0.15) is 0 Å². The highest BCUT2D eigenvalue weighted by Crippen LogP contribution is 1.92. The minimum Gasteiger partial charge on any atom is -0.466 e. The minimum atomic E-state index is -0.579. The summed E-state index contributed by atoms with van der Waals surface area (Å²) in [5, 5.41) is 7.51. The van der Waals surface area contributed by atoms with E-state index in [1.165, 1.54) is 13.2 Å². The van der Waals surface area contributed by atoms with Gasteiger partial charge < -0.3 is 9.47 Å². The number of nitriles is 1. The molecule has 0 N–H and O–H groups in total. The summed E-state index contributed by atoms with van der Waals surface area (Å²) in [7, 11) is 1.33. The maximum absolute atomic E-state index is 10.2. The van der Waals surface area contributed by atoms with Gasteiger partial charge in [0, 0.05) is 23.8 Å². The van der Waals surface area contributed by atoms with E-state index in [4.69, 9.17) is 5.26 Å². The standard InChI is InChI=1S/C5H8O2.C4H2O3.C3H3N/c1-4(2)5(6)7-3;5-3-1-2-4(6)7-3;1-2-3-4/h1H2,2-3H3;1-2H;2H,1H2. The molecule has 0 amide bonds. The molecule has 1 aliphatic heterocycles. The molecule has 0 aromatic heterocycles. The molecule has 0 fully saturated rings. The third-order valence-corrected chi connectivity index (χ3v) is 1.18. The highest BCUT2D eigenvalue weighted by Gasteiger charge is 2.10. The molecule has 1 rings (SSSR count). The van der Waals surface area contributed by atoms with Crippen LogP contribution in [0.5, 0.6) is 0 Å². The molecule has 0 saturated carbocycles. The summed E-state index contributed by atoms with van der Waals surface area (Å²) in [5.74, 6) is -1.50. The highest BCUT2D eigenvalue weighted by atomic mass is 16.6. The first-order valence-electron chi connectivity index (χ1n) is 4.57. The van der Waals surface area contributed by atoms with Gasteiger partial charge in [0.15, 0.2) is 0 Å². The number of cyclic esters (lactones) is 2. The Hall–Kier alpha value is -2.68. The van der Waals surface area contributed by atoms with Crippen molar-refractivity contribution in [2.45, 2.75) is 6.92 Å². The lowest BCUT2D eigenvalue weighted by Crippen LogP contribution is -1.98. The maximum atomic E-state index is 10.2. The number of ether oxygens (including phenoxy) is 2. The number of carbonyl (C=O) groups excluding carboxylic acids is 3. The Balaban J connectivity index is 0. The molecule has 6 heteroatoms. The van der Waals surface area contributed by atoms with Gasteiger partial charge in [-0.3, -0.25) is 0 Å². The summed E-state index contributed by atoms with van der Waals surface area (Å²) in [6.07, 6.45) is 3.35. The second-order valence-electron chi connectivity index (χ2n) is 2.68. The van der Waals surface area contributed by atoms with Gasteiger partial charge in [-0.2, -0.15) is 5.26 Å². The van der Waals surface area contributed by atoms with Crippen molar-refractivity contribution in [3.05, 3.63) is 37.0 Å². The summed E-state index contributed by atoms with van der Waals surface area (Å²) < 4.78 is 8.25. The monoisotopic (exact) mass is 251 g/mol. The molecule has 0 radical (unpaired) electrons. The van der Waals surface area contributed by atoms with Crippen molar-refractivity contribution in [3.8, 4) is 6.07 Å². The maximum Gasteiger partial charge on any atom is 0.338 e. The van der Waals surface area contributed by atoms with Gasteiger partial charge in [0.25, 0.3) is 0 Å². The zero-order valence-corrected chi connectivity index (χ0v) is 10.1. The Bertz CT molecular complexity index is 399. The van der Waals surface area contributed by atoms with E-state index < -0.39 is 11.9 Å². The largest absolute Gasteiger partial charge is 0.466 e. The fourth-order valence-corrected chi connectivity index (χ4v) is 0.477. The molecule has 1 heterocycles. The lowest BCUT2D eigenvalue weighted by molar-refractivity contribution is -0.150. The molecule has 0 saturated heterocycles. The minimum absolute atomic E-state index is 0.347. The molecular weight excluding hydrogens is 238 g/mol. The number of allylic oxidation sites excluding steroid dienone is 1. The van der Waals surface area contributed by atoms with E-state index in [9.17, 15) is 14.4 Å². The van der Waals surface area contributed by atoms with Crippen LogP contribution in [-0.2, 0) is 23.9 Å². The smallest absolute Gasteiger partial charge is 0.338 e. The van der Waals surface area contributed by atoms with Crippen molar-refractivity contribution in [1.82, 2.24) is 0 Å². The van der Waals surface area contributed by atoms with Gasteiger partial charge in [-0.15, -0.1) is 0 Å². The van der Waals surface area contributed by atoms with E-state index in [-0.39, 0.29) is 5.97 Å². The summed E-state index contributed by atoms with van der Waals surface area (Å²) in [5.41, 5.74) is 0.433. The summed E-state index contributed by atoms with van der Waals surface area (Å²) >= 11 is 0. The molecule has 0 unspecified atom stereocenters. The van der Waals surface area contributed by atoms with Crippen LogP contribution < -0.4 is 0 Å². The Labute approximate surface area is 105 Å². The van der Waals surface area contributed by atoms with E-state index in [2.05, 4.69) is 22.6 Å². The number of rotatable bonds is 1. The molecule has 6 nitrogen and oxygen atoms in total. The van der Waals surface area contributed by atoms with Crippen LogP contribution in [0.25, 0.3) is 0 Å². The van der Waals surface area contributed by atoms with E-state index in [1.807, 2.05) is 0 Å². The van der Waals surface area contributed by atoms with Gasteiger partial charge in [0.05, 0.1) is 13.2 Å².